The van der Waals surface area contributed by atoms with Gasteiger partial charge in [-0.1, -0.05) is 12.1 Å². The Morgan fingerprint density at radius 2 is 1.56 bits per heavy atom. The first-order chi connectivity index (χ1) is 12.8. The average molecular weight is 374 g/mol. The maximum absolute atomic E-state index is 11.8. The van der Waals surface area contributed by atoms with Crippen LogP contribution in [0.4, 0.5) is 16.2 Å². The highest BCUT2D eigenvalue weighted by atomic mass is 16.6. The topological polar surface area (TPSA) is 156 Å². The number of nitrogens with zero attached hydrogens (tertiary/aromatic N) is 1. The molecule has 0 aliphatic rings. The summed E-state index contributed by atoms with van der Waals surface area (Å²) in [6, 6.07) is 10.8. The number of benzene rings is 2. The summed E-state index contributed by atoms with van der Waals surface area (Å²) in [5.41, 5.74) is 0.631. The minimum absolute atomic E-state index is 0.120. The normalized spacial score (nSPS) is 10.3. The number of nitrogens with one attached hydrogen (secondary N) is 1. The van der Waals surface area contributed by atoms with Crippen molar-refractivity contribution >= 4 is 29.4 Å². The Kier molecular flexibility index (Phi) is 6.05. The molecular weight excluding hydrogens is 360 g/mol. The van der Waals surface area contributed by atoms with Gasteiger partial charge in [0.2, 0.25) is 0 Å². The molecule has 2 aromatic rings. The fraction of sp³-hybridized carbons (Fsp3) is 0.118. The molecule has 2 rings (SSSR count). The van der Waals surface area contributed by atoms with Crippen LogP contribution in [0.3, 0.4) is 0 Å². The molecule has 0 atom stereocenters. The number of carboxylic acid groups (broad SMARTS) is 2. The van der Waals surface area contributed by atoms with E-state index in [1.807, 2.05) is 0 Å². The SMILES string of the molecule is O=C(Nc1ccc([N+](=O)[O-])cc1)Oc1ccc(CC(C(=O)O)C(=O)O)cc1. The van der Waals surface area contributed by atoms with E-state index in [1.54, 1.807) is 0 Å². The average Bonchev–Trinajstić information content (AvgIpc) is 2.60. The van der Waals surface area contributed by atoms with Gasteiger partial charge in [-0.15, -0.1) is 0 Å². The Bertz CT molecular complexity index is 848. The molecule has 10 heteroatoms. The molecule has 10 nitrogen and oxygen atoms in total. The van der Waals surface area contributed by atoms with E-state index in [0.29, 0.717) is 11.3 Å². The lowest BCUT2D eigenvalue weighted by Gasteiger charge is -2.09. The molecule has 0 bridgehead atoms. The second-order valence-corrected chi connectivity index (χ2v) is 5.40. The Morgan fingerprint density at radius 3 is 2.04 bits per heavy atom. The van der Waals surface area contributed by atoms with E-state index in [9.17, 15) is 24.5 Å². The van der Waals surface area contributed by atoms with Gasteiger partial charge in [-0.25, -0.2) is 4.79 Å². The van der Waals surface area contributed by atoms with Crippen molar-refractivity contribution in [1.29, 1.82) is 0 Å². The highest BCUT2D eigenvalue weighted by Crippen LogP contribution is 2.18. The number of nitro groups is 1. The predicted molar refractivity (Wildman–Crippen MR) is 91.7 cm³/mol. The molecule has 0 saturated carbocycles. The van der Waals surface area contributed by atoms with Crippen molar-refractivity contribution in [2.45, 2.75) is 6.42 Å². The highest BCUT2D eigenvalue weighted by molar-refractivity contribution is 5.93. The second kappa shape index (κ2) is 8.43. The number of hydrogen-bond donors (Lipinski definition) is 3. The molecule has 0 radical (unpaired) electrons. The van der Waals surface area contributed by atoms with Gasteiger partial charge in [0.05, 0.1) is 4.92 Å². The number of carboxylic acids is 2. The van der Waals surface area contributed by atoms with Crippen LogP contribution >= 0.6 is 0 Å². The van der Waals surface area contributed by atoms with E-state index in [-0.39, 0.29) is 17.9 Å². The maximum atomic E-state index is 11.8. The summed E-state index contributed by atoms with van der Waals surface area (Å²) >= 11 is 0. The molecule has 140 valence electrons. The quantitative estimate of drug-likeness (QED) is 0.379. The van der Waals surface area contributed by atoms with E-state index >= 15 is 0 Å². The van der Waals surface area contributed by atoms with Gasteiger partial charge in [-0.3, -0.25) is 25.0 Å². The van der Waals surface area contributed by atoms with Crippen molar-refractivity contribution in [1.82, 2.24) is 0 Å². The Hall–Kier alpha value is -3.95. The molecule has 0 unspecified atom stereocenters. The Balaban J connectivity index is 1.95. The van der Waals surface area contributed by atoms with E-state index in [0.717, 1.165) is 0 Å². The summed E-state index contributed by atoms with van der Waals surface area (Å²) in [7, 11) is 0. The van der Waals surface area contributed by atoms with Gasteiger partial charge in [0.15, 0.2) is 5.92 Å². The number of non-ortho nitro benzene ring substituents is 1. The number of anilines is 1. The third kappa shape index (κ3) is 5.53. The van der Waals surface area contributed by atoms with Crippen molar-refractivity contribution in [2.75, 3.05) is 5.32 Å². The van der Waals surface area contributed by atoms with Crippen LogP contribution < -0.4 is 10.1 Å². The zero-order valence-corrected chi connectivity index (χ0v) is 13.7. The molecule has 0 aliphatic heterocycles. The number of hydrogen-bond acceptors (Lipinski definition) is 6. The first-order valence-corrected chi connectivity index (χ1v) is 7.54. The van der Waals surface area contributed by atoms with Gasteiger partial charge >= 0.3 is 18.0 Å². The minimum Gasteiger partial charge on any atom is -0.481 e. The predicted octanol–water partition coefficient (Wildman–Crippen LogP) is 2.53. The Morgan fingerprint density at radius 1 is 1.00 bits per heavy atom. The highest BCUT2D eigenvalue weighted by Gasteiger charge is 2.25. The molecule has 0 spiro atoms. The third-order valence-corrected chi connectivity index (χ3v) is 3.49. The van der Waals surface area contributed by atoms with Crippen LogP contribution in [0.15, 0.2) is 48.5 Å². The van der Waals surface area contributed by atoms with Crippen LogP contribution in [-0.2, 0) is 16.0 Å². The number of carbonyl (C=O) groups excluding carboxylic acids is 1. The summed E-state index contributed by atoms with van der Waals surface area (Å²) in [4.78, 5) is 43.6. The minimum atomic E-state index is -1.57. The Labute approximate surface area is 152 Å². The summed E-state index contributed by atoms with van der Waals surface area (Å²) in [5.74, 6) is -4.29. The number of rotatable bonds is 7. The molecule has 0 aliphatic carbocycles. The van der Waals surface area contributed by atoms with Crippen LogP contribution in [-0.4, -0.2) is 33.2 Å². The van der Waals surface area contributed by atoms with E-state index in [2.05, 4.69) is 5.32 Å². The van der Waals surface area contributed by atoms with Gasteiger partial charge in [0, 0.05) is 17.8 Å². The van der Waals surface area contributed by atoms with Crippen molar-refractivity contribution in [2.24, 2.45) is 5.92 Å². The lowest BCUT2D eigenvalue weighted by molar-refractivity contribution is -0.384. The molecule has 3 N–H and O–H groups in total. The number of amides is 1. The van der Waals surface area contributed by atoms with Gasteiger partial charge in [0.1, 0.15) is 5.75 Å². The largest absolute Gasteiger partial charge is 0.481 e. The molecule has 0 aromatic heterocycles. The third-order valence-electron chi connectivity index (χ3n) is 3.49. The zero-order valence-electron chi connectivity index (χ0n) is 13.7. The summed E-state index contributed by atoms with van der Waals surface area (Å²) in [5, 5.41) is 30.7. The van der Waals surface area contributed by atoms with Crippen molar-refractivity contribution < 1.29 is 34.3 Å². The summed E-state index contributed by atoms with van der Waals surface area (Å²) in [6.45, 7) is 0. The van der Waals surface area contributed by atoms with Crippen molar-refractivity contribution in [3.05, 3.63) is 64.2 Å². The molecule has 27 heavy (non-hydrogen) atoms. The van der Waals surface area contributed by atoms with E-state index in [1.165, 1.54) is 48.5 Å². The smallest absolute Gasteiger partial charge is 0.417 e. The van der Waals surface area contributed by atoms with E-state index in [4.69, 9.17) is 14.9 Å². The summed E-state index contributed by atoms with van der Waals surface area (Å²) < 4.78 is 5.03. The molecule has 2 aromatic carbocycles. The van der Waals surface area contributed by atoms with Gasteiger partial charge in [-0.2, -0.15) is 0 Å². The zero-order chi connectivity index (χ0) is 20.0. The van der Waals surface area contributed by atoms with E-state index < -0.39 is 28.9 Å². The standard InChI is InChI=1S/C17H14N2O8/c20-15(21)14(16(22)23)9-10-1-7-13(8-2-10)27-17(24)18-11-3-5-12(6-4-11)19(25)26/h1-8,14H,9H2,(H,18,24)(H,20,21)(H,22,23). The molecule has 1 amide bonds. The lowest BCUT2D eigenvalue weighted by Crippen LogP contribution is -2.25. The van der Waals surface area contributed by atoms with Gasteiger partial charge in [-0.05, 0) is 36.2 Å². The van der Waals surface area contributed by atoms with Gasteiger partial charge < -0.3 is 14.9 Å². The fourth-order valence-electron chi connectivity index (χ4n) is 2.13. The maximum Gasteiger partial charge on any atom is 0.417 e. The van der Waals surface area contributed by atoms with Gasteiger partial charge in [0.25, 0.3) is 5.69 Å². The van der Waals surface area contributed by atoms with Crippen LogP contribution in [0.25, 0.3) is 0 Å². The number of nitro benzene ring substituents is 1. The van der Waals surface area contributed by atoms with Crippen LogP contribution in [0.2, 0.25) is 0 Å². The van der Waals surface area contributed by atoms with Crippen molar-refractivity contribution in [3.63, 3.8) is 0 Å². The monoisotopic (exact) mass is 374 g/mol. The molecular formula is C17H14N2O8. The van der Waals surface area contributed by atoms with Crippen LogP contribution in [0.5, 0.6) is 5.75 Å². The number of aliphatic carboxylic acids is 2. The molecule has 0 saturated heterocycles. The second-order valence-electron chi connectivity index (χ2n) is 5.40. The van der Waals surface area contributed by atoms with Crippen LogP contribution in [0, 0.1) is 16.0 Å². The number of ether oxygens (including phenoxy) is 1. The fourth-order valence-corrected chi connectivity index (χ4v) is 2.13. The number of carbonyl (C=O) groups is 3. The first kappa shape index (κ1) is 19.4. The van der Waals surface area contributed by atoms with Crippen LogP contribution in [0.1, 0.15) is 5.56 Å². The molecule has 0 fully saturated rings. The first-order valence-electron chi connectivity index (χ1n) is 7.54. The summed E-state index contributed by atoms with van der Waals surface area (Å²) in [6.07, 6.45) is -1.04. The molecule has 0 heterocycles. The van der Waals surface area contributed by atoms with Crippen molar-refractivity contribution in [3.8, 4) is 5.75 Å². The lowest BCUT2D eigenvalue weighted by atomic mass is 10.00.